The zero-order chi connectivity index (χ0) is 22.8. The molecule has 0 radical (unpaired) electrons. The molecule has 2 heterocycles. The molecule has 1 aliphatic carbocycles. The van der Waals surface area contributed by atoms with Crippen LogP contribution in [0.4, 0.5) is 11.5 Å². The number of aromatic nitrogens is 3. The normalized spacial score (nSPS) is 15.9. The lowest BCUT2D eigenvalue weighted by Crippen LogP contribution is -2.15. The molecule has 1 aliphatic rings. The number of azo groups is 1. The number of pyridine rings is 1. The first-order valence-corrected chi connectivity index (χ1v) is 10.7. The quantitative estimate of drug-likeness (QED) is 0.419. The SMILES string of the molecule is COc1ccc(N=NCCC2=CC=CC(c3ncc(OCCCN(C)C)cn3)C2)c(N)n1. The van der Waals surface area contributed by atoms with Crippen LogP contribution in [-0.4, -0.2) is 60.8 Å². The summed E-state index contributed by atoms with van der Waals surface area (Å²) in [6.07, 6.45) is 12.5. The van der Waals surface area contributed by atoms with Gasteiger partial charge in [0.25, 0.3) is 0 Å². The fourth-order valence-electron chi connectivity index (χ4n) is 3.24. The van der Waals surface area contributed by atoms with Crippen molar-refractivity contribution in [3.63, 3.8) is 0 Å². The van der Waals surface area contributed by atoms with Crippen LogP contribution in [0.2, 0.25) is 0 Å². The fraction of sp³-hybridized carbons (Fsp3) is 0.435. The lowest BCUT2D eigenvalue weighted by Gasteiger charge is -2.17. The summed E-state index contributed by atoms with van der Waals surface area (Å²) >= 11 is 0. The van der Waals surface area contributed by atoms with Crippen LogP contribution in [0.3, 0.4) is 0 Å². The van der Waals surface area contributed by atoms with Gasteiger partial charge in [-0.05, 0) is 39.4 Å². The Morgan fingerprint density at radius 1 is 1.22 bits per heavy atom. The van der Waals surface area contributed by atoms with Gasteiger partial charge in [0.2, 0.25) is 5.88 Å². The van der Waals surface area contributed by atoms with Gasteiger partial charge in [0.05, 0.1) is 32.7 Å². The maximum absolute atomic E-state index is 5.87. The molecule has 0 spiro atoms. The molecule has 32 heavy (non-hydrogen) atoms. The molecule has 1 unspecified atom stereocenters. The van der Waals surface area contributed by atoms with Gasteiger partial charge in [0, 0.05) is 18.5 Å². The first-order valence-electron chi connectivity index (χ1n) is 10.7. The van der Waals surface area contributed by atoms with Crippen LogP contribution in [0.25, 0.3) is 0 Å². The Bertz CT molecular complexity index is 955. The molecule has 170 valence electrons. The molecule has 0 fully saturated rings. The molecule has 0 aliphatic heterocycles. The van der Waals surface area contributed by atoms with Gasteiger partial charge in [-0.15, -0.1) is 0 Å². The predicted molar refractivity (Wildman–Crippen MR) is 124 cm³/mol. The Balaban J connectivity index is 1.46. The highest BCUT2D eigenvalue weighted by molar-refractivity contribution is 5.57. The van der Waals surface area contributed by atoms with Gasteiger partial charge in [0.15, 0.2) is 11.6 Å². The summed E-state index contributed by atoms with van der Waals surface area (Å²) in [6.45, 7) is 2.22. The standard InChI is InChI=1S/C23H31N7O2/c1-30(2)12-5-13-32-19-15-25-23(26-16-19)18-7-4-6-17(14-18)10-11-27-29-20-8-9-21(31-3)28-22(20)24/h4,6-9,15-16,18H,5,10-14H2,1-3H3,(H2,24,28). The fourth-order valence-corrected chi connectivity index (χ4v) is 3.24. The number of rotatable bonds is 11. The summed E-state index contributed by atoms with van der Waals surface area (Å²) in [4.78, 5) is 15.3. The second-order valence-corrected chi connectivity index (χ2v) is 7.78. The van der Waals surface area contributed by atoms with Gasteiger partial charge in [-0.2, -0.15) is 15.2 Å². The summed E-state index contributed by atoms with van der Waals surface area (Å²) in [6, 6.07) is 3.46. The van der Waals surface area contributed by atoms with Crippen molar-refractivity contribution in [1.82, 2.24) is 19.9 Å². The van der Waals surface area contributed by atoms with E-state index in [9.17, 15) is 0 Å². The number of hydrogen-bond acceptors (Lipinski definition) is 9. The Morgan fingerprint density at radius 2 is 2.03 bits per heavy atom. The maximum Gasteiger partial charge on any atom is 0.215 e. The highest BCUT2D eigenvalue weighted by Crippen LogP contribution is 2.28. The second kappa shape index (κ2) is 11.9. The molecule has 1 atom stereocenters. The Morgan fingerprint density at radius 3 is 2.75 bits per heavy atom. The van der Waals surface area contributed by atoms with E-state index < -0.39 is 0 Å². The van der Waals surface area contributed by atoms with E-state index in [4.69, 9.17) is 15.2 Å². The number of methoxy groups -OCH3 is 1. The Labute approximate surface area is 189 Å². The van der Waals surface area contributed by atoms with Crippen LogP contribution in [0.1, 0.15) is 31.0 Å². The van der Waals surface area contributed by atoms with Crippen LogP contribution in [-0.2, 0) is 0 Å². The van der Waals surface area contributed by atoms with Crippen LogP contribution >= 0.6 is 0 Å². The maximum atomic E-state index is 5.87. The lowest BCUT2D eigenvalue weighted by molar-refractivity contribution is 0.279. The van der Waals surface area contributed by atoms with E-state index in [0.717, 1.165) is 31.6 Å². The molecule has 0 saturated carbocycles. The molecule has 9 heteroatoms. The number of nitrogen functional groups attached to an aromatic ring is 1. The van der Waals surface area contributed by atoms with Crippen LogP contribution in [0.15, 0.2) is 58.6 Å². The third kappa shape index (κ3) is 7.12. The van der Waals surface area contributed by atoms with E-state index in [2.05, 4.69) is 62.4 Å². The summed E-state index contributed by atoms with van der Waals surface area (Å²) in [5, 5.41) is 8.44. The highest BCUT2D eigenvalue weighted by atomic mass is 16.5. The summed E-state index contributed by atoms with van der Waals surface area (Å²) in [5.74, 6) is 2.41. The zero-order valence-corrected chi connectivity index (χ0v) is 18.9. The van der Waals surface area contributed by atoms with E-state index in [1.807, 2.05) is 0 Å². The number of nitrogens with zero attached hydrogens (tertiary/aromatic N) is 6. The minimum atomic E-state index is 0.149. The first-order chi connectivity index (χ1) is 15.5. The summed E-state index contributed by atoms with van der Waals surface area (Å²) in [7, 11) is 5.65. The third-order valence-electron chi connectivity index (χ3n) is 4.95. The van der Waals surface area contributed by atoms with Gasteiger partial charge in [-0.3, -0.25) is 0 Å². The summed E-state index contributed by atoms with van der Waals surface area (Å²) in [5.41, 5.74) is 7.69. The van der Waals surface area contributed by atoms with Crippen molar-refractivity contribution in [3.05, 3.63) is 54.2 Å². The highest BCUT2D eigenvalue weighted by Gasteiger charge is 2.16. The minimum absolute atomic E-state index is 0.149. The van der Waals surface area contributed by atoms with Crippen LogP contribution in [0, 0.1) is 0 Å². The number of ether oxygens (including phenoxy) is 2. The molecular formula is C23H31N7O2. The van der Waals surface area contributed by atoms with Gasteiger partial charge < -0.3 is 20.1 Å². The van der Waals surface area contributed by atoms with E-state index in [0.29, 0.717) is 36.3 Å². The number of nitrogens with two attached hydrogens (primary N) is 1. The first kappa shape index (κ1) is 23.3. The Kier molecular flexibility index (Phi) is 8.68. The average Bonchev–Trinajstić information content (AvgIpc) is 2.81. The molecule has 0 amide bonds. The largest absolute Gasteiger partial charge is 0.490 e. The van der Waals surface area contributed by atoms with Gasteiger partial charge in [0.1, 0.15) is 11.5 Å². The van der Waals surface area contributed by atoms with Crippen LogP contribution in [0.5, 0.6) is 11.6 Å². The van der Waals surface area contributed by atoms with Gasteiger partial charge in [-0.25, -0.2) is 9.97 Å². The molecule has 0 saturated heterocycles. The van der Waals surface area contributed by atoms with Crippen LogP contribution < -0.4 is 15.2 Å². The lowest BCUT2D eigenvalue weighted by atomic mass is 9.92. The van der Waals surface area contributed by atoms with E-state index in [1.54, 1.807) is 31.6 Å². The van der Waals surface area contributed by atoms with E-state index in [-0.39, 0.29) is 5.92 Å². The second-order valence-electron chi connectivity index (χ2n) is 7.78. The topological polar surface area (TPSA) is 111 Å². The third-order valence-corrected chi connectivity index (χ3v) is 4.95. The predicted octanol–water partition coefficient (Wildman–Crippen LogP) is 3.94. The number of anilines is 1. The monoisotopic (exact) mass is 437 g/mol. The number of allylic oxidation sites excluding steroid dienone is 3. The van der Waals surface area contributed by atoms with Crippen molar-refractivity contribution in [3.8, 4) is 11.6 Å². The molecule has 2 N–H and O–H groups in total. The average molecular weight is 438 g/mol. The molecule has 2 aromatic rings. The smallest absolute Gasteiger partial charge is 0.215 e. The zero-order valence-electron chi connectivity index (χ0n) is 18.9. The molecular weight excluding hydrogens is 406 g/mol. The number of hydrogen-bond donors (Lipinski definition) is 1. The van der Waals surface area contributed by atoms with E-state index in [1.165, 1.54) is 5.57 Å². The van der Waals surface area contributed by atoms with Crippen molar-refractivity contribution in [2.75, 3.05) is 46.6 Å². The van der Waals surface area contributed by atoms with Crippen molar-refractivity contribution in [1.29, 1.82) is 0 Å². The molecule has 0 bridgehead atoms. The molecule has 9 nitrogen and oxygen atoms in total. The van der Waals surface area contributed by atoms with Gasteiger partial charge in [-0.1, -0.05) is 23.8 Å². The van der Waals surface area contributed by atoms with E-state index >= 15 is 0 Å². The molecule has 0 aromatic carbocycles. The minimum Gasteiger partial charge on any atom is -0.490 e. The molecule has 2 aromatic heterocycles. The Hall–Kier alpha value is -3.33. The van der Waals surface area contributed by atoms with Crippen molar-refractivity contribution in [2.24, 2.45) is 10.2 Å². The van der Waals surface area contributed by atoms with Gasteiger partial charge >= 0.3 is 0 Å². The van der Waals surface area contributed by atoms with Crippen molar-refractivity contribution >= 4 is 11.5 Å². The van der Waals surface area contributed by atoms with Crippen molar-refractivity contribution < 1.29 is 9.47 Å². The summed E-state index contributed by atoms with van der Waals surface area (Å²) < 4.78 is 10.8. The molecule has 3 rings (SSSR count). The van der Waals surface area contributed by atoms with Crippen molar-refractivity contribution in [2.45, 2.75) is 25.2 Å².